The number of imidazole rings is 1. The molecule has 0 saturated carbocycles. The van der Waals surface area contributed by atoms with E-state index in [9.17, 15) is 4.39 Å². The summed E-state index contributed by atoms with van der Waals surface area (Å²) in [5.41, 5.74) is 0.497. The van der Waals surface area contributed by atoms with E-state index in [4.69, 9.17) is 0 Å². The van der Waals surface area contributed by atoms with Gasteiger partial charge in [-0.05, 0) is 15.9 Å². The Hall–Kier alpha value is -0.380. The van der Waals surface area contributed by atoms with E-state index in [1.54, 1.807) is 0 Å². The number of hydrogen-bond acceptors (Lipinski definition) is 1. The minimum Gasteiger partial charge on any atom is -0.334 e. The number of aromatic nitrogens is 2. The molecule has 0 amide bonds. The summed E-state index contributed by atoms with van der Waals surface area (Å²) in [6.45, 7) is -0.488. The smallest absolute Gasteiger partial charge is 0.174 e. The zero-order valence-corrected chi connectivity index (χ0v) is 5.57. The normalized spacial score (nSPS) is 9.75. The fourth-order valence-electron chi connectivity index (χ4n) is 0.400. The predicted octanol–water partition coefficient (Wildman–Crippen LogP) is 1.64. The molecule has 1 rings (SSSR count). The van der Waals surface area contributed by atoms with Crippen LogP contribution < -0.4 is 0 Å². The maximum Gasteiger partial charge on any atom is 0.174 e. The van der Waals surface area contributed by atoms with Crippen molar-refractivity contribution in [3.63, 3.8) is 0 Å². The average Bonchev–Trinajstić information content (AvgIpc) is 2.14. The summed E-state index contributed by atoms with van der Waals surface area (Å²) in [4.78, 5) is 6.36. The van der Waals surface area contributed by atoms with Crippen LogP contribution in [-0.2, 0) is 6.67 Å². The third-order valence-electron chi connectivity index (χ3n) is 0.741. The van der Waals surface area contributed by atoms with Crippen LogP contribution >= 0.6 is 15.9 Å². The second-order valence-electron chi connectivity index (χ2n) is 1.33. The maximum atomic E-state index is 11.6. The highest BCUT2D eigenvalue weighted by Crippen LogP contribution is 2.03. The van der Waals surface area contributed by atoms with Crippen LogP contribution in [0.5, 0.6) is 0 Å². The fourth-order valence-corrected chi connectivity index (χ4v) is 0.757. The van der Waals surface area contributed by atoms with Crippen molar-refractivity contribution in [2.75, 3.05) is 0 Å². The highest BCUT2D eigenvalue weighted by atomic mass is 79.9. The number of rotatable bonds is 1. The maximum absolute atomic E-state index is 11.6. The van der Waals surface area contributed by atoms with E-state index in [1.807, 2.05) is 0 Å². The van der Waals surface area contributed by atoms with E-state index in [2.05, 4.69) is 25.9 Å². The Bertz CT molecular complexity index is 174. The third kappa shape index (κ3) is 1.06. The summed E-state index contributed by atoms with van der Waals surface area (Å²) in [7, 11) is 0. The molecule has 0 bridgehead atoms. The lowest BCUT2D eigenvalue weighted by Gasteiger charge is -1.78. The van der Waals surface area contributed by atoms with Gasteiger partial charge in [-0.2, -0.15) is 0 Å². The Morgan fingerprint density at radius 1 is 1.88 bits per heavy atom. The van der Waals surface area contributed by atoms with Crippen LogP contribution in [0, 0.1) is 0 Å². The van der Waals surface area contributed by atoms with E-state index in [-0.39, 0.29) is 0 Å². The van der Waals surface area contributed by atoms with Gasteiger partial charge in [0.1, 0.15) is 6.67 Å². The highest BCUT2D eigenvalue weighted by molar-refractivity contribution is 9.10. The number of nitrogens with one attached hydrogen (secondary N) is 1. The Balaban J connectivity index is 2.84. The lowest BCUT2D eigenvalue weighted by atomic mass is 10.5. The van der Waals surface area contributed by atoms with Crippen LogP contribution in [0.25, 0.3) is 0 Å². The first kappa shape index (κ1) is 5.75. The van der Waals surface area contributed by atoms with Gasteiger partial charge in [0.2, 0.25) is 0 Å². The largest absolute Gasteiger partial charge is 0.334 e. The number of nitrogens with zero attached hydrogens (tertiary/aromatic N) is 1. The first-order valence-corrected chi connectivity index (χ1v) is 2.87. The SMILES string of the molecule is FCc1cnc(Br)[nH]1. The molecule has 0 radical (unpaired) electrons. The van der Waals surface area contributed by atoms with Gasteiger partial charge < -0.3 is 4.98 Å². The van der Waals surface area contributed by atoms with E-state index >= 15 is 0 Å². The Kier molecular flexibility index (Phi) is 1.62. The van der Waals surface area contributed by atoms with Crippen molar-refractivity contribution >= 4 is 15.9 Å². The van der Waals surface area contributed by atoms with E-state index in [1.165, 1.54) is 6.20 Å². The quantitative estimate of drug-likeness (QED) is 0.697. The van der Waals surface area contributed by atoms with Crippen molar-refractivity contribution < 1.29 is 4.39 Å². The second kappa shape index (κ2) is 2.26. The Morgan fingerprint density at radius 3 is 2.88 bits per heavy atom. The fraction of sp³-hybridized carbons (Fsp3) is 0.250. The van der Waals surface area contributed by atoms with E-state index in [0.717, 1.165) is 0 Å². The molecule has 8 heavy (non-hydrogen) atoms. The first-order chi connectivity index (χ1) is 3.83. The van der Waals surface area contributed by atoms with Gasteiger partial charge in [-0.3, -0.25) is 0 Å². The van der Waals surface area contributed by atoms with Crippen LogP contribution in [0.15, 0.2) is 10.9 Å². The Labute approximate surface area is 54.3 Å². The van der Waals surface area contributed by atoms with Gasteiger partial charge in [-0.15, -0.1) is 0 Å². The minimum atomic E-state index is -0.488. The monoisotopic (exact) mass is 178 g/mol. The van der Waals surface area contributed by atoms with E-state index < -0.39 is 6.67 Å². The summed E-state index contributed by atoms with van der Waals surface area (Å²) in [5.74, 6) is 0. The molecule has 1 aromatic heterocycles. The first-order valence-electron chi connectivity index (χ1n) is 2.08. The molecule has 0 aliphatic rings. The van der Waals surface area contributed by atoms with Crippen LogP contribution in [0.4, 0.5) is 4.39 Å². The molecule has 1 aromatic rings. The number of aromatic amines is 1. The van der Waals surface area contributed by atoms with Gasteiger partial charge in [0.05, 0.1) is 11.9 Å². The minimum absolute atomic E-state index is 0.488. The number of hydrogen-bond donors (Lipinski definition) is 1. The molecule has 2 nitrogen and oxygen atoms in total. The molecule has 0 aromatic carbocycles. The second-order valence-corrected chi connectivity index (χ2v) is 2.08. The number of alkyl halides is 1. The molecule has 44 valence electrons. The van der Waals surface area contributed by atoms with Crippen molar-refractivity contribution in [2.24, 2.45) is 0 Å². The molecule has 0 spiro atoms. The number of halogens is 2. The lowest BCUT2D eigenvalue weighted by Crippen LogP contribution is -1.73. The highest BCUT2D eigenvalue weighted by Gasteiger charge is 1.92. The standard InChI is InChI=1S/C4H4BrFN2/c5-4-7-2-3(1-6)8-4/h2H,1H2,(H,7,8). The van der Waals surface area contributed by atoms with Crippen molar-refractivity contribution in [1.29, 1.82) is 0 Å². The number of H-pyrrole nitrogens is 1. The van der Waals surface area contributed by atoms with Gasteiger partial charge in [-0.25, -0.2) is 9.37 Å². The molecule has 0 fully saturated rings. The average molecular weight is 179 g/mol. The van der Waals surface area contributed by atoms with Crippen LogP contribution in [0.3, 0.4) is 0 Å². The lowest BCUT2D eigenvalue weighted by molar-refractivity contribution is 0.477. The van der Waals surface area contributed by atoms with Gasteiger partial charge in [0.15, 0.2) is 4.73 Å². The molecule has 0 aliphatic heterocycles. The Morgan fingerprint density at radius 2 is 2.62 bits per heavy atom. The zero-order valence-electron chi connectivity index (χ0n) is 3.99. The third-order valence-corrected chi connectivity index (χ3v) is 1.14. The van der Waals surface area contributed by atoms with Gasteiger partial charge >= 0.3 is 0 Å². The molecule has 1 N–H and O–H groups in total. The van der Waals surface area contributed by atoms with Crippen molar-refractivity contribution in [1.82, 2.24) is 9.97 Å². The zero-order chi connectivity index (χ0) is 5.98. The van der Waals surface area contributed by atoms with Gasteiger partial charge in [0.25, 0.3) is 0 Å². The molecular formula is C4H4BrFN2. The summed E-state index contributed by atoms with van der Waals surface area (Å²) < 4.78 is 12.2. The van der Waals surface area contributed by atoms with Crippen LogP contribution in [0.1, 0.15) is 5.69 Å². The molecule has 1 heterocycles. The van der Waals surface area contributed by atoms with Crippen LogP contribution in [0.2, 0.25) is 0 Å². The predicted molar refractivity (Wildman–Crippen MR) is 31.1 cm³/mol. The summed E-state index contributed by atoms with van der Waals surface area (Å²) in [5, 5.41) is 0. The molecule has 4 heteroatoms. The molecule has 0 atom stereocenters. The van der Waals surface area contributed by atoms with Crippen molar-refractivity contribution in [2.45, 2.75) is 6.67 Å². The summed E-state index contributed by atoms with van der Waals surface area (Å²) in [6, 6.07) is 0. The van der Waals surface area contributed by atoms with Crippen molar-refractivity contribution in [3.8, 4) is 0 Å². The van der Waals surface area contributed by atoms with Gasteiger partial charge in [-0.1, -0.05) is 0 Å². The summed E-state index contributed by atoms with van der Waals surface area (Å²) >= 11 is 3.04. The molecule has 0 unspecified atom stereocenters. The summed E-state index contributed by atoms with van der Waals surface area (Å²) in [6.07, 6.45) is 1.45. The van der Waals surface area contributed by atoms with Gasteiger partial charge in [0, 0.05) is 0 Å². The van der Waals surface area contributed by atoms with Crippen molar-refractivity contribution in [3.05, 3.63) is 16.6 Å². The molecule has 0 aliphatic carbocycles. The van der Waals surface area contributed by atoms with E-state index in [0.29, 0.717) is 10.4 Å². The van der Waals surface area contributed by atoms with Crippen LogP contribution in [-0.4, -0.2) is 9.97 Å². The molecular weight excluding hydrogens is 175 g/mol. The molecule has 0 saturated heterocycles. The topological polar surface area (TPSA) is 28.7 Å².